The maximum Gasteiger partial charge on any atom is 0.316 e. The normalized spacial score (nSPS) is 12.6. The van der Waals surface area contributed by atoms with Crippen molar-refractivity contribution in [3.05, 3.63) is 28.3 Å². The third kappa shape index (κ3) is 4.07. The summed E-state index contributed by atoms with van der Waals surface area (Å²) in [7, 11) is 3.95. The Kier molecular flexibility index (Phi) is 5.72. The smallest absolute Gasteiger partial charge is 0.316 e. The first-order valence-corrected chi connectivity index (χ1v) is 6.52. The van der Waals surface area contributed by atoms with E-state index in [-0.39, 0.29) is 11.7 Å². The molecule has 0 bridgehead atoms. The van der Waals surface area contributed by atoms with Crippen molar-refractivity contribution in [2.45, 2.75) is 19.9 Å². The van der Waals surface area contributed by atoms with E-state index >= 15 is 0 Å². The summed E-state index contributed by atoms with van der Waals surface area (Å²) in [4.78, 5) is 12.9. The summed E-state index contributed by atoms with van der Waals surface area (Å²) in [6.45, 7) is 4.95. The Morgan fingerprint density at radius 3 is 2.40 bits per heavy atom. The molecule has 0 aromatic heterocycles. The van der Waals surface area contributed by atoms with Crippen LogP contribution in [0, 0.1) is 16.0 Å². The van der Waals surface area contributed by atoms with Gasteiger partial charge in [-0.25, -0.2) is 0 Å². The zero-order valence-electron chi connectivity index (χ0n) is 12.4. The van der Waals surface area contributed by atoms with Crippen molar-refractivity contribution in [3.8, 4) is 0 Å². The first kappa shape index (κ1) is 16.2. The number of likely N-dealkylation sites (N-methyl/N-ethyl adjacent to an activating group) is 1. The third-order valence-corrected chi connectivity index (χ3v) is 3.08. The van der Waals surface area contributed by atoms with Crippen LogP contribution in [0.1, 0.15) is 13.8 Å². The molecule has 112 valence electrons. The maximum absolute atomic E-state index is 11.2. The molecule has 4 N–H and O–H groups in total. The second-order valence-electron chi connectivity index (χ2n) is 5.36. The number of nitro benzene ring substituents is 1. The fourth-order valence-corrected chi connectivity index (χ4v) is 1.99. The molecule has 0 aliphatic heterocycles. The molecule has 1 atom stereocenters. The number of rotatable bonds is 7. The number of para-hydroxylation sites is 1. The molecule has 20 heavy (non-hydrogen) atoms. The summed E-state index contributed by atoms with van der Waals surface area (Å²) >= 11 is 0. The molecule has 0 radical (unpaired) electrons. The van der Waals surface area contributed by atoms with E-state index in [0.29, 0.717) is 17.3 Å². The lowest BCUT2D eigenvalue weighted by atomic mass is 10.0. The van der Waals surface area contributed by atoms with Crippen LogP contribution in [0.5, 0.6) is 0 Å². The van der Waals surface area contributed by atoms with Crippen LogP contribution >= 0.6 is 0 Å². The number of nitrogens with two attached hydrogens (primary N) is 1. The molecule has 0 saturated heterocycles. The zero-order valence-corrected chi connectivity index (χ0v) is 12.4. The molecule has 1 unspecified atom stereocenters. The van der Waals surface area contributed by atoms with Crippen molar-refractivity contribution in [2.24, 2.45) is 11.8 Å². The molecule has 1 rings (SSSR count). The molecule has 7 nitrogen and oxygen atoms in total. The third-order valence-electron chi connectivity index (χ3n) is 3.08. The van der Waals surface area contributed by atoms with Gasteiger partial charge in [-0.1, -0.05) is 19.9 Å². The number of benzene rings is 1. The van der Waals surface area contributed by atoms with Gasteiger partial charge in [-0.3, -0.25) is 16.0 Å². The largest absolute Gasteiger partial charge is 0.375 e. The highest BCUT2D eigenvalue weighted by molar-refractivity contribution is 5.76. The minimum absolute atomic E-state index is 0.0283. The SMILES string of the molecule is CC(C)C(CN(C)C)Nc1cccc(NN)c1[N+](=O)[O-]. The molecule has 0 amide bonds. The van der Waals surface area contributed by atoms with Gasteiger partial charge in [0.15, 0.2) is 0 Å². The summed E-state index contributed by atoms with van der Waals surface area (Å²) in [5, 5.41) is 14.5. The fourth-order valence-electron chi connectivity index (χ4n) is 1.99. The molecule has 0 spiro atoms. The van der Waals surface area contributed by atoms with Crippen molar-refractivity contribution in [1.29, 1.82) is 0 Å². The van der Waals surface area contributed by atoms with Crippen molar-refractivity contribution < 1.29 is 4.92 Å². The van der Waals surface area contributed by atoms with Gasteiger partial charge in [-0.05, 0) is 32.1 Å². The molecule has 0 fully saturated rings. The zero-order chi connectivity index (χ0) is 15.3. The number of hydrogen-bond donors (Lipinski definition) is 3. The van der Waals surface area contributed by atoms with E-state index in [1.165, 1.54) is 0 Å². The highest BCUT2D eigenvalue weighted by Gasteiger charge is 2.23. The summed E-state index contributed by atoms with van der Waals surface area (Å²) < 4.78 is 0. The average molecular weight is 281 g/mol. The predicted octanol–water partition coefficient (Wildman–Crippen LogP) is 1.88. The van der Waals surface area contributed by atoms with E-state index in [9.17, 15) is 10.1 Å². The number of nitrogens with zero attached hydrogens (tertiary/aromatic N) is 2. The molecular formula is C13H23N5O2. The van der Waals surface area contributed by atoms with Gasteiger partial charge in [0.2, 0.25) is 0 Å². The summed E-state index contributed by atoms with van der Waals surface area (Å²) in [5.41, 5.74) is 3.12. The summed E-state index contributed by atoms with van der Waals surface area (Å²) in [6, 6.07) is 5.12. The number of nitrogen functional groups attached to an aromatic ring is 1. The quantitative estimate of drug-likeness (QED) is 0.401. The lowest BCUT2D eigenvalue weighted by Gasteiger charge is -2.26. The van der Waals surface area contributed by atoms with Gasteiger partial charge in [-0.2, -0.15) is 0 Å². The van der Waals surface area contributed by atoms with Gasteiger partial charge < -0.3 is 15.6 Å². The lowest BCUT2D eigenvalue weighted by Crippen LogP contribution is -2.36. The molecule has 0 saturated carbocycles. The minimum atomic E-state index is -0.426. The number of anilines is 2. The Balaban J connectivity index is 3.09. The maximum atomic E-state index is 11.2. The number of nitro groups is 1. The van der Waals surface area contributed by atoms with E-state index in [2.05, 4.69) is 29.5 Å². The van der Waals surface area contributed by atoms with E-state index in [4.69, 9.17) is 5.84 Å². The highest BCUT2D eigenvalue weighted by Crippen LogP contribution is 2.33. The van der Waals surface area contributed by atoms with Gasteiger partial charge in [-0.15, -0.1) is 0 Å². The second-order valence-corrected chi connectivity index (χ2v) is 5.36. The van der Waals surface area contributed by atoms with Crippen molar-refractivity contribution in [2.75, 3.05) is 31.4 Å². The summed E-state index contributed by atoms with van der Waals surface area (Å²) in [5.74, 6) is 5.68. The van der Waals surface area contributed by atoms with Crippen LogP contribution in [-0.4, -0.2) is 36.5 Å². The molecular weight excluding hydrogens is 258 g/mol. The molecule has 7 heteroatoms. The Morgan fingerprint density at radius 2 is 1.95 bits per heavy atom. The Labute approximate surface area is 119 Å². The van der Waals surface area contributed by atoms with Gasteiger partial charge in [0.05, 0.1) is 4.92 Å². The molecule has 0 aliphatic carbocycles. The Bertz CT molecular complexity index is 462. The van der Waals surface area contributed by atoms with Gasteiger partial charge >= 0.3 is 5.69 Å². The highest BCUT2D eigenvalue weighted by atomic mass is 16.6. The first-order valence-electron chi connectivity index (χ1n) is 6.52. The van der Waals surface area contributed by atoms with Gasteiger partial charge in [0, 0.05) is 12.6 Å². The number of hydrogen-bond acceptors (Lipinski definition) is 6. The molecule has 0 heterocycles. The van der Waals surface area contributed by atoms with Crippen molar-refractivity contribution >= 4 is 17.1 Å². The fraction of sp³-hybridized carbons (Fsp3) is 0.538. The van der Waals surface area contributed by atoms with E-state index in [1.807, 2.05) is 14.1 Å². The lowest BCUT2D eigenvalue weighted by molar-refractivity contribution is -0.383. The van der Waals surface area contributed by atoms with E-state index in [1.54, 1.807) is 18.2 Å². The van der Waals surface area contributed by atoms with Crippen LogP contribution in [0.3, 0.4) is 0 Å². The van der Waals surface area contributed by atoms with Gasteiger partial charge in [0.1, 0.15) is 11.4 Å². The first-order chi connectivity index (χ1) is 9.36. The van der Waals surface area contributed by atoms with Crippen LogP contribution in [0.15, 0.2) is 18.2 Å². The van der Waals surface area contributed by atoms with Gasteiger partial charge in [0.25, 0.3) is 0 Å². The number of hydrazine groups is 1. The molecule has 1 aromatic carbocycles. The van der Waals surface area contributed by atoms with Crippen LogP contribution < -0.4 is 16.6 Å². The summed E-state index contributed by atoms with van der Waals surface area (Å²) in [6.07, 6.45) is 0. The van der Waals surface area contributed by atoms with Crippen molar-refractivity contribution in [3.63, 3.8) is 0 Å². The van der Waals surface area contributed by atoms with Crippen LogP contribution in [0.25, 0.3) is 0 Å². The Morgan fingerprint density at radius 1 is 1.35 bits per heavy atom. The minimum Gasteiger partial charge on any atom is -0.375 e. The monoisotopic (exact) mass is 281 g/mol. The topological polar surface area (TPSA) is 96.5 Å². The van der Waals surface area contributed by atoms with E-state index in [0.717, 1.165) is 6.54 Å². The number of nitrogens with one attached hydrogen (secondary N) is 2. The predicted molar refractivity (Wildman–Crippen MR) is 81.7 cm³/mol. The van der Waals surface area contributed by atoms with Crippen LogP contribution in [-0.2, 0) is 0 Å². The van der Waals surface area contributed by atoms with Crippen LogP contribution in [0.4, 0.5) is 17.1 Å². The Hall–Kier alpha value is -1.86. The van der Waals surface area contributed by atoms with Crippen LogP contribution in [0.2, 0.25) is 0 Å². The average Bonchev–Trinajstić information content (AvgIpc) is 2.36. The second kappa shape index (κ2) is 7.06. The van der Waals surface area contributed by atoms with Crippen molar-refractivity contribution in [1.82, 2.24) is 4.90 Å². The molecule has 1 aromatic rings. The molecule has 0 aliphatic rings. The standard InChI is InChI=1S/C13H23N5O2/c1-9(2)12(8-17(3)4)15-10-6-5-7-11(16-14)13(10)18(19)20/h5-7,9,12,15-16H,8,14H2,1-4H3. The van der Waals surface area contributed by atoms with E-state index < -0.39 is 4.92 Å².